The van der Waals surface area contributed by atoms with Gasteiger partial charge < -0.3 is 20.3 Å². The summed E-state index contributed by atoms with van der Waals surface area (Å²) in [6, 6.07) is 16.7. The Kier molecular flexibility index (Phi) is 8.54. The maximum absolute atomic E-state index is 12.7. The van der Waals surface area contributed by atoms with E-state index in [2.05, 4.69) is 30.5 Å². The number of amides is 1. The van der Waals surface area contributed by atoms with Crippen LogP contribution in [0, 0.1) is 5.92 Å². The Bertz CT molecular complexity index is 1170. The number of nitrogens with zero attached hydrogens (tertiary/aromatic N) is 4. The summed E-state index contributed by atoms with van der Waals surface area (Å²) in [5.74, 6) is -1.57. The van der Waals surface area contributed by atoms with Crippen LogP contribution in [0.1, 0.15) is 31.7 Å². The molecule has 1 fully saturated rings. The van der Waals surface area contributed by atoms with Gasteiger partial charge in [0.15, 0.2) is 0 Å². The summed E-state index contributed by atoms with van der Waals surface area (Å²) < 4.78 is 44.2. The Balaban J connectivity index is 1.29. The number of piperidine rings is 1. The third-order valence-corrected chi connectivity index (χ3v) is 6.07. The molecule has 1 saturated heterocycles. The van der Waals surface area contributed by atoms with Crippen molar-refractivity contribution < 1.29 is 22.7 Å². The van der Waals surface area contributed by atoms with Gasteiger partial charge in [0.05, 0.1) is 18.6 Å². The fourth-order valence-corrected chi connectivity index (χ4v) is 3.92. The monoisotopic (exact) mass is 514 g/mol. The van der Waals surface area contributed by atoms with Gasteiger partial charge in [-0.2, -0.15) is 18.2 Å². The topological polar surface area (TPSA) is 92.3 Å². The van der Waals surface area contributed by atoms with Gasteiger partial charge in [-0.3, -0.25) is 4.79 Å². The van der Waals surface area contributed by atoms with Crippen molar-refractivity contribution in [3.63, 3.8) is 0 Å². The molecule has 1 aliphatic rings. The highest BCUT2D eigenvalue weighted by Gasteiger charge is 2.37. The molecule has 11 heteroatoms. The molecule has 196 valence electrons. The van der Waals surface area contributed by atoms with E-state index in [1.165, 1.54) is 6.33 Å². The predicted octanol–water partition coefficient (Wildman–Crippen LogP) is 5.33. The molecule has 2 N–H and O–H groups in total. The van der Waals surface area contributed by atoms with E-state index in [0.29, 0.717) is 29.9 Å². The third-order valence-electron chi connectivity index (χ3n) is 6.07. The quantitative estimate of drug-likeness (QED) is 0.399. The second-order valence-electron chi connectivity index (χ2n) is 8.99. The van der Waals surface area contributed by atoms with Gasteiger partial charge in [-0.1, -0.05) is 43.3 Å². The van der Waals surface area contributed by atoms with Gasteiger partial charge in [-0.15, -0.1) is 0 Å². The molecule has 0 aliphatic carbocycles. The highest BCUT2D eigenvalue weighted by Crippen LogP contribution is 2.29. The number of alkyl halides is 3. The largest absolute Gasteiger partial charge is 0.392 e. The first kappa shape index (κ1) is 26.3. The molecule has 0 radical (unpaired) electrons. The fraction of sp³-hybridized carbons (Fsp3) is 0.385. The average molecular weight is 515 g/mol. The molecule has 37 heavy (non-hydrogen) atoms. The molecule has 2 aromatic carbocycles. The highest BCUT2D eigenvalue weighted by molar-refractivity contribution is 5.91. The zero-order valence-corrected chi connectivity index (χ0v) is 20.4. The van der Waals surface area contributed by atoms with Crippen LogP contribution in [0.2, 0.25) is 0 Å². The summed E-state index contributed by atoms with van der Waals surface area (Å²) >= 11 is 0. The molecule has 1 aliphatic heterocycles. The summed E-state index contributed by atoms with van der Waals surface area (Å²) in [5.41, 5.74) is 2.10. The number of hydrogen-bond acceptors (Lipinski definition) is 7. The summed E-state index contributed by atoms with van der Waals surface area (Å²) in [5, 5.41) is 5.57. The molecule has 1 aromatic heterocycles. The molecule has 1 atom stereocenters. The van der Waals surface area contributed by atoms with Gasteiger partial charge in [0.2, 0.25) is 17.8 Å². The Hall–Kier alpha value is -3.73. The Morgan fingerprint density at radius 3 is 2.54 bits per heavy atom. The number of ether oxygens (including phenoxy) is 1. The van der Waals surface area contributed by atoms with E-state index < -0.39 is 24.4 Å². The van der Waals surface area contributed by atoms with Crippen molar-refractivity contribution >= 4 is 29.2 Å². The SMILES string of the molecule is CC(CC(=O)Nc1cccc(Nc2ncnc(N3CCC(OCc4ccccc4)CC3)n2)c1)C(F)(F)F. The van der Waals surface area contributed by atoms with E-state index in [0.717, 1.165) is 38.4 Å². The van der Waals surface area contributed by atoms with Crippen LogP contribution in [0.25, 0.3) is 0 Å². The van der Waals surface area contributed by atoms with E-state index in [1.807, 2.05) is 30.3 Å². The Labute approximate surface area is 213 Å². The van der Waals surface area contributed by atoms with Crippen LogP contribution >= 0.6 is 0 Å². The van der Waals surface area contributed by atoms with Gasteiger partial charge in [0.1, 0.15) is 6.33 Å². The minimum atomic E-state index is -4.42. The van der Waals surface area contributed by atoms with Crippen LogP contribution in [0.5, 0.6) is 0 Å². The molecule has 0 spiro atoms. The van der Waals surface area contributed by atoms with Crippen LogP contribution in [-0.4, -0.2) is 46.2 Å². The van der Waals surface area contributed by atoms with E-state index in [1.54, 1.807) is 24.3 Å². The number of nitrogens with one attached hydrogen (secondary N) is 2. The number of carbonyl (C=O) groups excluding carboxylic acids is 1. The van der Waals surface area contributed by atoms with Gasteiger partial charge in [-0.25, -0.2) is 9.97 Å². The van der Waals surface area contributed by atoms with Crippen LogP contribution in [0.15, 0.2) is 60.9 Å². The van der Waals surface area contributed by atoms with E-state index in [9.17, 15) is 18.0 Å². The van der Waals surface area contributed by atoms with Crippen molar-refractivity contribution in [1.82, 2.24) is 15.0 Å². The first-order valence-electron chi connectivity index (χ1n) is 12.1. The second kappa shape index (κ2) is 12.0. The lowest BCUT2D eigenvalue weighted by Crippen LogP contribution is -2.38. The second-order valence-corrected chi connectivity index (χ2v) is 8.99. The molecule has 0 saturated carbocycles. The number of benzene rings is 2. The first-order chi connectivity index (χ1) is 17.8. The highest BCUT2D eigenvalue weighted by atomic mass is 19.4. The maximum Gasteiger partial charge on any atom is 0.392 e. The number of anilines is 4. The average Bonchev–Trinajstić information content (AvgIpc) is 2.88. The molecule has 1 unspecified atom stereocenters. The smallest absolute Gasteiger partial charge is 0.373 e. The lowest BCUT2D eigenvalue weighted by atomic mass is 10.1. The Morgan fingerprint density at radius 2 is 1.81 bits per heavy atom. The standard InChI is InChI=1S/C26H29F3N6O2/c1-18(26(27,28)29)14-23(36)32-20-8-5-9-21(15-20)33-24-30-17-31-25(34-24)35-12-10-22(11-13-35)37-16-19-6-3-2-4-7-19/h2-9,15,17-18,22H,10-14,16H2,1H3,(H,32,36)(H,30,31,33,34). The van der Waals surface area contributed by atoms with Gasteiger partial charge in [0, 0.05) is 30.9 Å². The van der Waals surface area contributed by atoms with Crippen molar-refractivity contribution in [1.29, 1.82) is 0 Å². The van der Waals surface area contributed by atoms with Crippen LogP contribution in [0.4, 0.5) is 36.4 Å². The fourth-order valence-electron chi connectivity index (χ4n) is 3.92. The molecule has 3 aromatic rings. The molecule has 1 amide bonds. The molecule has 4 rings (SSSR count). The van der Waals surface area contributed by atoms with Crippen molar-refractivity contribution in [2.45, 2.75) is 45.1 Å². The summed E-state index contributed by atoms with van der Waals surface area (Å²) in [7, 11) is 0. The van der Waals surface area contributed by atoms with Gasteiger partial charge >= 0.3 is 6.18 Å². The van der Waals surface area contributed by atoms with Gasteiger partial charge in [0.25, 0.3) is 0 Å². The van der Waals surface area contributed by atoms with E-state index in [4.69, 9.17) is 4.74 Å². The van der Waals surface area contributed by atoms with Crippen LogP contribution in [-0.2, 0) is 16.1 Å². The number of hydrogen-bond donors (Lipinski definition) is 2. The Morgan fingerprint density at radius 1 is 1.08 bits per heavy atom. The van der Waals surface area contributed by atoms with Crippen molar-refractivity contribution in [2.24, 2.45) is 5.92 Å². The lowest BCUT2D eigenvalue weighted by Gasteiger charge is -2.31. The zero-order valence-electron chi connectivity index (χ0n) is 20.4. The van der Waals surface area contributed by atoms with Gasteiger partial charge in [-0.05, 0) is 36.6 Å². The molecule has 8 nitrogen and oxygen atoms in total. The summed E-state index contributed by atoms with van der Waals surface area (Å²) in [6.45, 7) is 3.07. The predicted molar refractivity (Wildman–Crippen MR) is 134 cm³/mol. The number of rotatable bonds is 9. The van der Waals surface area contributed by atoms with Crippen LogP contribution < -0.4 is 15.5 Å². The molecule has 2 heterocycles. The normalized spacial score (nSPS) is 15.3. The van der Waals surface area contributed by atoms with Crippen LogP contribution in [0.3, 0.4) is 0 Å². The summed E-state index contributed by atoms with van der Waals surface area (Å²) in [6.07, 6.45) is -1.75. The van der Waals surface area contributed by atoms with E-state index >= 15 is 0 Å². The molecule has 0 bridgehead atoms. The third kappa shape index (κ3) is 7.88. The number of halogens is 3. The minimum Gasteiger partial charge on any atom is -0.373 e. The molecular formula is C26H29F3N6O2. The zero-order chi connectivity index (χ0) is 26.3. The van der Waals surface area contributed by atoms with Crippen molar-refractivity contribution in [2.75, 3.05) is 28.6 Å². The molecular weight excluding hydrogens is 485 g/mol. The van der Waals surface area contributed by atoms with Crippen molar-refractivity contribution in [3.05, 3.63) is 66.5 Å². The first-order valence-corrected chi connectivity index (χ1v) is 12.1. The summed E-state index contributed by atoms with van der Waals surface area (Å²) in [4.78, 5) is 27.1. The number of carbonyl (C=O) groups is 1. The van der Waals surface area contributed by atoms with Crippen molar-refractivity contribution in [3.8, 4) is 0 Å². The number of aromatic nitrogens is 3. The minimum absolute atomic E-state index is 0.174. The lowest BCUT2D eigenvalue weighted by molar-refractivity contribution is -0.173. The van der Waals surface area contributed by atoms with E-state index in [-0.39, 0.29) is 6.10 Å². The maximum atomic E-state index is 12.7.